The lowest BCUT2D eigenvalue weighted by Crippen LogP contribution is -2.26. The molecule has 0 fully saturated rings. The van der Waals surface area contributed by atoms with Crippen molar-refractivity contribution in [3.05, 3.63) is 59.4 Å². The minimum atomic E-state index is -0.407. The molecule has 1 amide bonds. The highest BCUT2D eigenvalue weighted by molar-refractivity contribution is 6.05. The van der Waals surface area contributed by atoms with Gasteiger partial charge < -0.3 is 10.0 Å². The van der Waals surface area contributed by atoms with Crippen LogP contribution in [-0.2, 0) is 0 Å². The fourth-order valence-electron chi connectivity index (χ4n) is 1.74. The molecule has 0 saturated carbocycles. The van der Waals surface area contributed by atoms with Gasteiger partial charge >= 0.3 is 0 Å². The number of halogens is 1. The summed E-state index contributed by atoms with van der Waals surface area (Å²) in [6.45, 7) is 1.64. The summed E-state index contributed by atoms with van der Waals surface area (Å²) in [7, 11) is 1.58. The van der Waals surface area contributed by atoms with E-state index < -0.39 is 5.82 Å². The Hall–Kier alpha value is -2.36. The van der Waals surface area contributed by atoms with Crippen molar-refractivity contribution in [2.24, 2.45) is 0 Å². The van der Waals surface area contributed by atoms with Gasteiger partial charge in [0.2, 0.25) is 0 Å². The van der Waals surface area contributed by atoms with Crippen LogP contribution in [0.4, 0.5) is 10.1 Å². The van der Waals surface area contributed by atoms with Gasteiger partial charge in [-0.15, -0.1) is 0 Å². The first-order chi connectivity index (χ1) is 8.99. The fraction of sp³-hybridized carbons (Fsp3) is 0.133. The van der Waals surface area contributed by atoms with Crippen molar-refractivity contribution in [2.45, 2.75) is 6.92 Å². The number of nitrogens with zero attached hydrogens (tertiary/aromatic N) is 1. The van der Waals surface area contributed by atoms with E-state index >= 15 is 0 Å². The highest BCUT2D eigenvalue weighted by Crippen LogP contribution is 2.21. The maximum absolute atomic E-state index is 13.5. The van der Waals surface area contributed by atoms with E-state index in [4.69, 9.17) is 0 Å². The molecule has 0 aliphatic rings. The molecule has 2 aromatic carbocycles. The van der Waals surface area contributed by atoms with E-state index in [-0.39, 0.29) is 17.2 Å². The molecule has 1 N–H and O–H groups in total. The van der Waals surface area contributed by atoms with Gasteiger partial charge in [-0.3, -0.25) is 4.79 Å². The van der Waals surface area contributed by atoms with Crippen molar-refractivity contribution in [1.82, 2.24) is 0 Å². The van der Waals surface area contributed by atoms with Gasteiger partial charge in [-0.1, -0.05) is 12.1 Å². The molecule has 4 heteroatoms. The number of benzene rings is 2. The number of aromatic hydroxyl groups is 1. The molecule has 2 aromatic rings. The van der Waals surface area contributed by atoms with Crippen LogP contribution >= 0.6 is 0 Å². The Bertz CT molecular complexity index is 625. The Morgan fingerprint density at radius 2 is 1.95 bits per heavy atom. The van der Waals surface area contributed by atoms with Crippen LogP contribution in [0.2, 0.25) is 0 Å². The topological polar surface area (TPSA) is 40.5 Å². The fourth-order valence-corrected chi connectivity index (χ4v) is 1.74. The van der Waals surface area contributed by atoms with Gasteiger partial charge in [-0.25, -0.2) is 4.39 Å². The first kappa shape index (κ1) is 13.1. The molecule has 0 spiro atoms. The molecule has 0 unspecified atom stereocenters. The van der Waals surface area contributed by atoms with E-state index in [1.165, 1.54) is 23.1 Å². The number of rotatable bonds is 2. The van der Waals surface area contributed by atoms with Gasteiger partial charge in [-0.05, 0) is 36.8 Å². The SMILES string of the molecule is Cc1ccc(C(=O)N(C)c2cccc(O)c2)cc1F. The third kappa shape index (κ3) is 2.73. The lowest BCUT2D eigenvalue weighted by Gasteiger charge is -2.17. The maximum Gasteiger partial charge on any atom is 0.258 e. The molecule has 0 saturated heterocycles. The number of phenolic OH excluding ortho intramolecular Hbond substituents is 1. The van der Waals surface area contributed by atoms with Gasteiger partial charge in [0, 0.05) is 24.4 Å². The average Bonchev–Trinajstić information content (AvgIpc) is 2.40. The molecular weight excluding hydrogens is 245 g/mol. The third-order valence-corrected chi connectivity index (χ3v) is 2.94. The first-order valence-electron chi connectivity index (χ1n) is 5.82. The van der Waals surface area contributed by atoms with E-state index in [0.717, 1.165) is 0 Å². The van der Waals surface area contributed by atoms with Crippen LogP contribution < -0.4 is 4.90 Å². The number of hydrogen-bond donors (Lipinski definition) is 1. The van der Waals surface area contributed by atoms with Crippen molar-refractivity contribution in [3.8, 4) is 5.75 Å². The van der Waals surface area contributed by atoms with Crippen LogP contribution in [0.1, 0.15) is 15.9 Å². The van der Waals surface area contributed by atoms with Crippen LogP contribution in [0, 0.1) is 12.7 Å². The number of carbonyl (C=O) groups excluding carboxylic acids is 1. The van der Waals surface area contributed by atoms with Gasteiger partial charge in [0.15, 0.2) is 0 Å². The lowest BCUT2D eigenvalue weighted by molar-refractivity contribution is 0.0992. The summed E-state index contributed by atoms with van der Waals surface area (Å²) >= 11 is 0. The molecule has 0 atom stereocenters. The first-order valence-corrected chi connectivity index (χ1v) is 5.82. The molecule has 0 aliphatic heterocycles. The minimum Gasteiger partial charge on any atom is -0.508 e. The van der Waals surface area contributed by atoms with Crippen molar-refractivity contribution in [1.29, 1.82) is 0 Å². The molecule has 0 aromatic heterocycles. The highest BCUT2D eigenvalue weighted by atomic mass is 19.1. The predicted octanol–water partition coefficient (Wildman–Crippen LogP) is 3.12. The Morgan fingerprint density at radius 1 is 1.21 bits per heavy atom. The van der Waals surface area contributed by atoms with Gasteiger partial charge in [0.1, 0.15) is 11.6 Å². The molecule has 3 nitrogen and oxygen atoms in total. The van der Waals surface area contributed by atoms with Crippen LogP contribution in [-0.4, -0.2) is 18.1 Å². The molecule has 0 bridgehead atoms. The average molecular weight is 259 g/mol. The summed E-state index contributed by atoms with van der Waals surface area (Å²) in [6, 6.07) is 10.7. The van der Waals surface area contributed by atoms with Crippen LogP contribution in [0.15, 0.2) is 42.5 Å². The summed E-state index contributed by atoms with van der Waals surface area (Å²) in [5.74, 6) is -0.660. The molecule has 0 heterocycles. The number of hydrogen-bond acceptors (Lipinski definition) is 2. The lowest BCUT2D eigenvalue weighted by atomic mass is 10.1. The Morgan fingerprint density at radius 3 is 2.58 bits per heavy atom. The van der Waals surface area contributed by atoms with Gasteiger partial charge in [0.05, 0.1) is 0 Å². The number of anilines is 1. The van der Waals surface area contributed by atoms with E-state index in [1.54, 1.807) is 38.2 Å². The Labute approximate surface area is 110 Å². The van der Waals surface area contributed by atoms with Crippen LogP contribution in [0.3, 0.4) is 0 Å². The Kier molecular flexibility index (Phi) is 3.51. The standard InChI is InChI=1S/C15H14FNO2/c1-10-6-7-11(8-14(10)16)15(19)17(2)12-4-3-5-13(18)9-12/h3-9,18H,1-2H3. The normalized spacial score (nSPS) is 10.3. The quantitative estimate of drug-likeness (QED) is 0.900. The van der Waals surface area contributed by atoms with E-state index in [1.807, 2.05) is 0 Å². The number of carbonyl (C=O) groups is 1. The number of amides is 1. The van der Waals surface area contributed by atoms with E-state index in [2.05, 4.69) is 0 Å². The second kappa shape index (κ2) is 5.10. The summed E-state index contributed by atoms with van der Waals surface area (Å²) in [5.41, 5.74) is 1.32. The smallest absolute Gasteiger partial charge is 0.258 e. The van der Waals surface area contributed by atoms with Crippen molar-refractivity contribution >= 4 is 11.6 Å². The monoisotopic (exact) mass is 259 g/mol. The summed E-state index contributed by atoms with van der Waals surface area (Å²) in [6.07, 6.45) is 0. The zero-order chi connectivity index (χ0) is 14.0. The zero-order valence-corrected chi connectivity index (χ0v) is 10.7. The summed E-state index contributed by atoms with van der Waals surface area (Å²) in [5, 5.41) is 9.40. The summed E-state index contributed by atoms with van der Waals surface area (Å²) in [4.78, 5) is 13.6. The highest BCUT2D eigenvalue weighted by Gasteiger charge is 2.15. The maximum atomic E-state index is 13.5. The summed E-state index contributed by atoms with van der Waals surface area (Å²) < 4.78 is 13.5. The largest absolute Gasteiger partial charge is 0.508 e. The van der Waals surface area contributed by atoms with E-state index in [0.29, 0.717) is 11.3 Å². The van der Waals surface area contributed by atoms with Gasteiger partial charge in [0.25, 0.3) is 5.91 Å². The van der Waals surface area contributed by atoms with Crippen molar-refractivity contribution < 1.29 is 14.3 Å². The molecule has 98 valence electrons. The molecule has 0 radical (unpaired) electrons. The van der Waals surface area contributed by atoms with Crippen molar-refractivity contribution in [3.63, 3.8) is 0 Å². The van der Waals surface area contributed by atoms with E-state index in [9.17, 15) is 14.3 Å². The molecular formula is C15H14FNO2. The molecule has 0 aliphatic carbocycles. The Balaban J connectivity index is 2.30. The minimum absolute atomic E-state index is 0.0761. The van der Waals surface area contributed by atoms with Crippen LogP contribution in [0.25, 0.3) is 0 Å². The second-order valence-electron chi connectivity index (χ2n) is 4.35. The van der Waals surface area contributed by atoms with Crippen molar-refractivity contribution in [2.75, 3.05) is 11.9 Å². The third-order valence-electron chi connectivity index (χ3n) is 2.94. The second-order valence-corrected chi connectivity index (χ2v) is 4.35. The molecule has 2 rings (SSSR count). The van der Waals surface area contributed by atoms with Gasteiger partial charge in [-0.2, -0.15) is 0 Å². The zero-order valence-electron chi connectivity index (χ0n) is 10.7. The van der Waals surface area contributed by atoms with Crippen LogP contribution in [0.5, 0.6) is 5.75 Å². The number of phenols is 1. The predicted molar refractivity (Wildman–Crippen MR) is 72.0 cm³/mol. The number of aryl methyl sites for hydroxylation is 1. The molecule has 19 heavy (non-hydrogen) atoms.